The number of amides is 2. The molecule has 1 aliphatic heterocycles. The number of halogens is 1. The first-order valence-electron chi connectivity index (χ1n) is 7.37. The third-order valence-electron chi connectivity index (χ3n) is 4.71. The van der Waals surface area contributed by atoms with E-state index in [-0.39, 0.29) is 24.2 Å². The van der Waals surface area contributed by atoms with Gasteiger partial charge in [0.15, 0.2) is 0 Å². The summed E-state index contributed by atoms with van der Waals surface area (Å²) in [5, 5.41) is 2.70. The summed E-state index contributed by atoms with van der Waals surface area (Å²) in [6.07, 6.45) is 3.27. The average Bonchev–Trinajstić information content (AvgIpc) is 2.94. The van der Waals surface area contributed by atoms with E-state index < -0.39 is 5.54 Å². The maximum absolute atomic E-state index is 13.5. The summed E-state index contributed by atoms with van der Waals surface area (Å²) in [5.41, 5.74) is 0.973. The minimum absolute atomic E-state index is 0.0367. The van der Waals surface area contributed by atoms with Crippen LogP contribution in [0.3, 0.4) is 0 Å². The van der Waals surface area contributed by atoms with Crippen LogP contribution in [0.2, 0.25) is 0 Å². The summed E-state index contributed by atoms with van der Waals surface area (Å²) in [6.45, 7) is 2.23. The number of piperazine rings is 1. The first-order valence-corrected chi connectivity index (χ1v) is 7.37. The summed E-state index contributed by atoms with van der Waals surface area (Å²) in [4.78, 5) is 26.3. The van der Waals surface area contributed by atoms with Gasteiger partial charge in [-0.25, -0.2) is 4.39 Å². The number of carbonyl (C=O) groups is 2. The van der Waals surface area contributed by atoms with Crippen LogP contribution in [0.25, 0.3) is 0 Å². The number of benzene rings is 1. The van der Waals surface area contributed by atoms with Gasteiger partial charge in [0, 0.05) is 6.54 Å². The molecule has 112 valence electrons. The van der Waals surface area contributed by atoms with Crippen LogP contribution in [0.4, 0.5) is 4.39 Å². The largest absolute Gasteiger partial charge is 0.345 e. The zero-order valence-corrected chi connectivity index (χ0v) is 12.1. The van der Waals surface area contributed by atoms with Gasteiger partial charge in [0.2, 0.25) is 11.8 Å². The highest BCUT2D eigenvalue weighted by Gasteiger charge is 2.50. The Balaban J connectivity index is 1.95. The SMILES string of the molecule is Cc1ccc(F)cc1CN1C(=O)CNC(=O)C12CCCC2. The summed E-state index contributed by atoms with van der Waals surface area (Å²) in [6, 6.07) is 4.58. The third kappa shape index (κ3) is 2.30. The van der Waals surface area contributed by atoms with Gasteiger partial charge in [-0.3, -0.25) is 9.59 Å². The second-order valence-electron chi connectivity index (χ2n) is 5.97. The fraction of sp³-hybridized carbons (Fsp3) is 0.500. The molecule has 1 saturated heterocycles. The van der Waals surface area contributed by atoms with Crippen LogP contribution in [0, 0.1) is 12.7 Å². The van der Waals surface area contributed by atoms with Crippen LogP contribution in [0.1, 0.15) is 36.8 Å². The van der Waals surface area contributed by atoms with Crippen LogP contribution < -0.4 is 5.32 Å². The van der Waals surface area contributed by atoms with Crippen LogP contribution >= 0.6 is 0 Å². The van der Waals surface area contributed by atoms with Crippen molar-refractivity contribution in [3.63, 3.8) is 0 Å². The average molecular weight is 290 g/mol. The molecule has 1 heterocycles. The predicted molar refractivity (Wildman–Crippen MR) is 75.9 cm³/mol. The van der Waals surface area contributed by atoms with Gasteiger partial charge < -0.3 is 10.2 Å². The maximum Gasteiger partial charge on any atom is 0.246 e. The van der Waals surface area contributed by atoms with E-state index in [4.69, 9.17) is 0 Å². The minimum atomic E-state index is -0.728. The molecular weight excluding hydrogens is 271 g/mol. The summed E-state index contributed by atoms with van der Waals surface area (Å²) in [5.74, 6) is -0.459. The number of carbonyl (C=O) groups excluding carboxylic acids is 2. The molecule has 1 spiro atoms. The number of nitrogens with one attached hydrogen (secondary N) is 1. The van der Waals surface area contributed by atoms with E-state index in [1.54, 1.807) is 11.0 Å². The molecule has 3 rings (SSSR count). The molecule has 5 heteroatoms. The Hall–Kier alpha value is -1.91. The number of rotatable bonds is 2. The Morgan fingerprint density at radius 1 is 1.29 bits per heavy atom. The van der Waals surface area contributed by atoms with E-state index in [2.05, 4.69) is 5.32 Å². The van der Waals surface area contributed by atoms with Gasteiger partial charge in [-0.2, -0.15) is 0 Å². The van der Waals surface area contributed by atoms with Crippen molar-refractivity contribution in [3.8, 4) is 0 Å². The molecule has 1 aromatic rings. The Morgan fingerprint density at radius 2 is 2.00 bits per heavy atom. The second kappa shape index (κ2) is 5.13. The normalized spacial score (nSPS) is 21.0. The summed E-state index contributed by atoms with van der Waals surface area (Å²) < 4.78 is 13.5. The van der Waals surface area contributed by atoms with Crippen molar-refractivity contribution in [1.82, 2.24) is 10.2 Å². The molecule has 2 amide bonds. The van der Waals surface area contributed by atoms with Gasteiger partial charge in [-0.1, -0.05) is 18.9 Å². The van der Waals surface area contributed by atoms with E-state index in [1.807, 2.05) is 6.92 Å². The molecule has 0 atom stereocenters. The van der Waals surface area contributed by atoms with Gasteiger partial charge in [0.1, 0.15) is 11.4 Å². The minimum Gasteiger partial charge on any atom is -0.345 e. The van der Waals surface area contributed by atoms with Gasteiger partial charge in [-0.05, 0) is 43.0 Å². The molecule has 21 heavy (non-hydrogen) atoms. The van der Waals surface area contributed by atoms with Gasteiger partial charge in [0.25, 0.3) is 0 Å². The van der Waals surface area contributed by atoms with Crippen molar-refractivity contribution in [2.75, 3.05) is 6.54 Å². The van der Waals surface area contributed by atoms with Gasteiger partial charge in [-0.15, -0.1) is 0 Å². The molecule has 1 N–H and O–H groups in total. The molecule has 0 aromatic heterocycles. The molecule has 2 fully saturated rings. The van der Waals surface area contributed by atoms with Crippen LogP contribution in [0.15, 0.2) is 18.2 Å². The third-order valence-corrected chi connectivity index (χ3v) is 4.71. The van der Waals surface area contributed by atoms with E-state index in [9.17, 15) is 14.0 Å². The van der Waals surface area contributed by atoms with E-state index in [0.29, 0.717) is 19.4 Å². The highest BCUT2D eigenvalue weighted by Crippen LogP contribution is 2.38. The Bertz CT molecular complexity index is 594. The molecule has 1 saturated carbocycles. The Morgan fingerprint density at radius 3 is 2.71 bits per heavy atom. The topological polar surface area (TPSA) is 49.4 Å². The maximum atomic E-state index is 13.5. The van der Waals surface area contributed by atoms with Crippen molar-refractivity contribution in [3.05, 3.63) is 35.1 Å². The summed E-state index contributed by atoms with van der Waals surface area (Å²) in [7, 11) is 0. The monoisotopic (exact) mass is 290 g/mol. The quantitative estimate of drug-likeness (QED) is 0.904. The number of hydrogen-bond donors (Lipinski definition) is 1. The number of nitrogens with zero attached hydrogens (tertiary/aromatic N) is 1. The van der Waals surface area contributed by atoms with Crippen molar-refractivity contribution in [2.24, 2.45) is 0 Å². The molecule has 0 radical (unpaired) electrons. The smallest absolute Gasteiger partial charge is 0.246 e. The lowest BCUT2D eigenvalue weighted by Crippen LogP contribution is -2.65. The molecule has 1 aliphatic carbocycles. The van der Waals surface area contributed by atoms with Gasteiger partial charge in [0.05, 0.1) is 6.54 Å². The zero-order chi connectivity index (χ0) is 15.0. The van der Waals surface area contributed by atoms with Crippen LogP contribution in [-0.4, -0.2) is 28.8 Å². The summed E-state index contributed by atoms with van der Waals surface area (Å²) >= 11 is 0. The van der Waals surface area contributed by atoms with Gasteiger partial charge >= 0.3 is 0 Å². The molecule has 0 unspecified atom stereocenters. The van der Waals surface area contributed by atoms with Crippen LogP contribution in [-0.2, 0) is 16.1 Å². The van der Waals surface area contributed by atoms with Crippen molar-refractivity contribution in [2.45, 2.75) is 44.7 Å². The first kappa shape index (κ1) is 14.0. The first-order chi connectivity index (χ1) is 10.0. The lowest BCUT2D eigenvalue weighted by Gasteiger charge is -2.43. The van der Waals surface area contributed by atoms with E-state index >= 15 is 0 Å². The lowest BCUT2D eigenvalue weighted by molar-refractivity contribution is -0.154. The van der Waals surface area contributed by atoms with Crippen molar-refractivity contribution < 1.29 is 14.0 Å². The fourth-order valence-corrected chi connectivity index (χ4v) is 3.45. The van der Waals surface area contributed by atoms with E-state index in [0.717, 1.165) is 24.0 Å². The molecule has 2 aliphatic rings. The van der Waals surface area contributed by atoms with E-state index in [1.165, 1.54) is 12.1 Å². The number of hydrogen-bond acceptors (Lipinski definition) is 2. The standard InChI is InChI=1S/C16H19FN2O2/c1-11-4-5-13(17)8-12(11)10-19-14(20)9-18-15(21)16(19)6-2-3-7-16/h4-5,8H,2-3,6-7,9-10H2,1H3,(H,18,21). The fourth-order valence-electron chi connectivity index (χ4n) is 3.45. The Kier molecular flexibility index (Phi) is 3.43. The molecule has 4 nitrogen and oxygen atoms in total. The lowest BCUT2D eigenvalue weighted by atomic mass is 9.90. The molecular formula is C16H19FN2O2. The predicted octanol–water partition coefficient (Wildman–Crippen LogP) is 1.91. The van der Waals surface area contributed by atoms with Crippen molar-refractivity contribution in [1.29, 1.82) is 0 Å². The van der Waals surface area contributed by atoms with Crippen LogP contribution in [0.5, 0.6) is 0 Å². The number of aryl methyl sites for hydroxylation is 1. The Labute approximate surface area is 123 Å². The van der Waals surface area contributed by atoms with Crippen molar-refractivity contribution >= 4 is 11.8 Å². The highest BCUT2D eigenvalue weighted by atomic mass is 19.1. The second-order valence-corrected chi connectivity index (χ2v) is 5.97. The molecule has 1 aromatic carbocycles. The molecule has 0 bridgehead atoms. The highest BCUT2D eigenvalue weighted by molar-refractivity contribution is 5.98. The zero-order valence-electron chi connectivity index (χ0n) is 12.1.